The third-order valence-corrected chi connectivity index (χ3v) is 3.89. The summed E-state index contributed by atoms with van der Waals surface area (Å²) in [5.74, 6) is -5.89. The Labute approximate surface area is 142 Å². The van der Waals surface area contributed by atoms with Gasteiger partial charge >= 0.3 is 0 Å². The molecule has 0 aliphatic rings. The van der Waals surface area contributed by atoms with Crippen LogP contribution in [0, 0.1) is 31.3 Å². The van der Waals surface area contributed by atoms with Gasteiger partial charge in [0.2, 0.25) is 5.91 Å². The van der Waals surface area contributed by atoms with Crippen LogP contribution < -0.4 is 11.1 Å². The summed E-state index contributed by atoms with van der Waals surface area (Å²) in [4.78, 5) is 23.7. The molecule has 0 bridgehead atoms. The Morgan fingerprint density at radius 3 is 2.16 bits per heavy atom. The van der Waals surface area contributed by atoms with Crippen LogP contribution in [0.4, 0.5) is 13.2 Å². The predicted molar refractivity (Wildman–Crippen MR) is 86.4 cm³/mol. The second kappa shape index (κ2) is 7.38. The van der Waals surface area contributed by atoms with Crippen molar-refractivity contribution in [3.63, 3.8) is 0 Å². The third-order valence-electron chi connectivity index (χ3n) is 3.89. The number of amides is 2. The zero-order chi connectivity index (χ0) is 18.7. The normalized spacial score (nSPS) is 11.9. The lowest BCUT2D eigenvalue weighted by atomic mass is 10.00. The fraction of sp³-hybridized carbons (Fsp3) is 0.222. The molecular weight excluding hydrogens is 333 g/mol. The first-order valence-electron chi connectivity index (χ1n) is 7.50. The van der Waals surface area contributed by atoms with Crippen LogP contribution >= 0.6 is 0 Å². The minimum Gasteiger partial charge on any atom is -0.368 e. The molecule has 0 spiro atoms. The molecule has 0 unspecified atom stereocenters. The number of aryl methyl sites for hydroxylation is 2. The lowest BCUT2D eigenvalue weighted by molar-refractivity contribution is -0.119. The zero-order valence-electron chi connectivity index (χ0n) is 13.7. The van der Waals surface area contributed by atoms with E-state index in [1.165, 1.54) is 0 Å². The quantitative estimate of drug-likeness (QED) is 0.870. The summed E-state index contributed by atoms with van der Waals surface area (Å²) in [5.41, 5.74) is 7.08. The maximum absolute atomic E-state index is 13.7. The van der Waals surface area contributed by atoms with E-state index in [4.69, 9.17) is 5.73 Å². The van der Waals surface area contributed by atoms with E-state index in [9.17, 15) is 22.8 Å². The smallest absolute Gasteiger partial charge is 0.257 e. The minimum atomic E-state index is -1.36. The van der Waals surface area contributed by atoms with E-state index >= 15 is 0 Å². The van der Waals surface area contributed by atoms with Crippen molar-refractivity contribution in [2.24, 2.45) is 5.73 Å². The molecule has 1 atom stereocenters. The second-order valence-corrected chi connectivity index (χ2v) is 5.80. The molecule has 0 aliphatic carbocycles. The number of nitrogens with two attached hydrogens (primary N) is 1. The van der Waals surface area contributed by atoms with Crippen molar-refractivity contribution in [2.75, 3.05) is 0 Å². The maximum Gasteiger partial charge on any atom is 0.257 e. The molecule has 25 heavy (non-hydrogen) atoms. The number of rotatable bonds is 5. The van der Waals surface area contributed by atoms with E-state index in [-0.39, 0.29) is 6.42 Å². The Morgan fingerprint density at radius 2 is 1.64 bits per heavy atom. The van der Waals surface area contributed by atoms with Crippen LogP contribution in [0.15, 0.2) is 30.3 Å². The Balaban J connectivity index is 2.23. The zero-order valence-corrected chi connectivity index (χ0v) is 13.7. The molecule has 4 nitrogen and oxygen atoms in total. The van der Waals surface area contributed by atoms with Gasteiger partial charge in [-0.15, -0.1) is 0 Å². The van der Waals surface area contributed by atoms with Gasteiger partial charge in [-0.3, -0.25) is 9.59 Å². The second-order valence-electron chi connectivity index (χ2n) is 5.80. The van der Waals surface area contributed by atoms with Crippen LogP contribution in [0.5, 0.6) is 0 Å². The van der Waals surface area contributed by atoms with Gasteiger partial charge in [0.05, 0.1) is 0 Å². The van der Waals surface area contributed by atoms with E-state index in [1.807, 2.05) is 26.0 Å². The number of hydrogen-bond donors (Lipinski definition) is 2. The van der Waals surface area contributed by atoms with E-state index in [1.54, 1.807) is 6.07 Å². The van der Waals surface area contributed by atoms with Gasteiger partial charge in [0.25, 0.3) is 5.91 Å². The molecule has 0 saturated heterocycles. The number of carbonyl (C=O) groups is 2. The first-order valence-corrected chi connectivity index (χ1v) is 7.50. The maximum atomic E-state index is 13.7. The summed E-state index contributed by atoms with van der Waals surface area (Å²) in [6, 6.07) is 5.06. The van der Waals surface area contributed by atoms with Crippen molar-refractivity contribution in [1.29, 1.82) is 0 Å². The number of benzene rings is 2. The lowest BCUT2D eigenvalue weighted by Gasteiger charge is -2.17. The molecule has 0 saturated carbocycles. The van der Waals surface area contributed by atoms with Gasteiger partial charge in [0.15, 0.2) is 0 Å². The Kier molecular flexibility index (Phi) is 5.46. The molecule has 2 rings (SSSR count). The van der Waals surface area contributed by atoms with Crippen LogP contribution in [-0.4, -0.2) is 17.9 Å². The average Bonchev–Trinajstić information content (AvgIpc) is 2.49. The van der Waals surface area contributed by atoms with Crippen molar-refractivity contribution in [3.8, 4) is 0 Å². The van der Waals surface area contributed by atoms with Crippen molar-refractivity contribution >= 4 is 11.8 Å². The Bertz CT molecular complexity index is 814. The molecule has 2 aromatic rings. The molecule has 2 aromatic carbocycles. The van der Waals surface area contributed by atoms with Gasteiger partial charge in [-0.2, -0.15) is 0 Å². The van der Waals surface area contributed by atoms with Gasteiger partial charge in [0, 0.05) is 18.6 Å². The molecular formula is C18H17F3N2O2. The molecule has 0 radical (unpaired) electrons. The van der Waals surface area contributed by atoms with Crippen LogP contribution in [0.3, 0.4) is 0 Å². The van der Waals surface area contributed by atoms with Crippen LogP contribution in [0.25, 0.3) is 0 Å². The fourth-order valence-corrected chi connectivity index (χ4v) is 2.38. The lowest BCUT2D eigenvalue weighted by Crippen LogP contribution is -2.46. The predicted octanol–water partition coefficient (Wildman–Crippen LogP) is 2.55. The third kappa shape index (κ3) is 4.37. The van der Waals surface area contributed by atoms with E-state index in [0.717, 1.165) is 16.7 Å². The summed E-state index contributed by atoms with van der Waals surface area (Å²) >= 11 is 0. The fourth-order valence-electron chi connectivity index (χ4n) is 2.38. The highest BCUT2D eigenvalue weighted by atomic mass is 19.1. The van der Waals surface area contributed by atoms with Crippen LogP contribution in [-0.2, 0) is 11.2 Å². The van der Waals surface area contributed by atoms with Gasteiger partial charge in [-0.25, -0.2) is 13.2 Å². The van der Waals surface area contributed by atoms with Crippen molar-refractivity contribution in [1.82, 2.24) is 5.32 Å². The topological polar surface area (TPSA) is 72.2 Å². The number of nitrogens with one attached hydrogen (secondary N) is 1. The van der Waals surface area contributed by atoms with E-state index in [0.29, 0.717) is 12.1 Å². The molecule has 2 amide bonds. The average molecular weight is 350 g/mol. The van der Waals surface area contributed by atoms with Crippen molar-refractivity contribution in [3.05, 3.63) is 70.0 Å². The highest BCUT2D eigenvalue weighted by molar-refractivity contribution is 5.97. The monoisotopic (exact) mass is 350 g/mol. The molecule has 0 aliphatic heterocycles. The van der Waals surface area contributed by atoms with Gasteiger partial charge in [0.1, 0.15) is 29.1 Å². The summed E-state index contributed by atoms with van der Waals surface area (Å²) in [5, 5.41) is 2.20. The largest absolute Gasteiger partial charge is 0.368 e. The number of carbonyl (C=O) groups excluding carboxylic acids is 2. The van der Waals surface area contributed by atoms with Crippen LogP contribution in [0.1, 0.15) is 27.0 Å². The standard InChI is InChI=1S/C18H17F3N2O2/c1-9-3-4-11(5-10(9)2)6-15(17(22)24)23-18(25)16-13(20)7-12(19)8-14(16)21/h3-5,7-8,15H,6H2,1-2H3,(H2,22,24)(H,23,25)/t15-/m0/s1. The van der Waals surface area contributed by atoms with Crippen molar-refractivity contribution in [2.45, 2.75) is 26.3 Å². The van der Waals surface area contributed by atoms with Gasteiger partial charge < -0.3 is 11.1 Å². The van der Waals surface area contributed by atoms with Gasteiger partial charge in [-0.1, -0.05) is 18.2 Å². The molecule has 3 N–H and O–H groups in total. The first-order chi connectivity index (χ1) is 11.7. The Morgan fingerprint density at radius 1 is 1.04 bits per heavy atom. The van der Waals surface area contributed by atoms with Crippen LogP contribution in [0.2, 0.25) is 0 Å². The van der Waals surface area contributed by atoms with Crippen molar-refractivity contribution < 1.29 is 22.8 Å². The summed E-state index contributed by atoms with van der Waals surface area (Å²) in [7, 11) is 0. The molecule has 0 aromatic heterocycles. The van der Waals surface area contributed by atoms with E-state index in [2.05, 4.69) is 5.32 Å². The molecule has 7 heteroatoms. The first kappa shape index (κ1) is 18.5. The minimum absolute atomic E-state index is 0.0621. The number of halogens is 3. The summed E-state index contributed by atoms with van der Waals surface area (Å²) in [6.45, 7) is 3.81. The molecule has 132 valence electrons. The number of primary amides is 1. The van der Waals surface area contributed by atoms with Gasteiger partial charge in [-0.05, 0) is 30.5 Å². The Hall–Kier alpha value is -2.83. The highest BCUT2D eigenvalue weighted by Crippen LogP contribution is 2.16. The summed E-state index contributed by atoms with van der Waals surface area (Å²) in [6.07, 6.45) is 0.0621. The van der Waals surface area contributed by atoms with E-state index < -0.39 is 40.9 Å². The molecule has 0 fully saturated rings. The number of hydrogen-bond acceptors (Lipinski definition) is 2. The molecule has 0 heterocycles. The summed E-state index contributed by atoms with van der Waals surface area (Å²) < 4.78 is 40.3. The SMILES string of the molecule is Cc1ccc(C[C@H](NC(=O)c2c(F)cc(F)cc2F)C(N)=O)cc1C. The highest BCUT2D eigenvalue weighted by Gasteiger charge is 2.24.